The summed E-state index contributed by atoms with van der Waals surface area (Å²) in [5.41, 5.74) is 3.60. The predicted octanol–water partition coefficient (Wildman–Crippen LogP) is 2.37. The van der Waals surface area contributed by atoms with E-state index >= 15 is 0 Å². The van der Waals surface area contributed by atoms with Crippen LogP contribution in [-0.2, 0) is 13.7 Å². The van der Waals surface area contributed by atoms with Gasteiger partial charge in [0.15, 0.2) is 0 Å². The third-order valence-corrected chi connectivity index (χ3v) is 4.13. The molecule has 0 saturated carbocycles. The van der Waals surface area contributed by atoms with Crippen molar-refractivity contribution in [2.45, 2.75) is 13.6 Å². The molecule has 1 aromatic carbocycles. The van der Waals surface area contributed by atoms with Gasteiger partial charge in [0.2, 0.25) is 0 Å². The molecule has 0 unspecified atom stereocenters. The van der Waals surface area contributed by atoms with E-state index in [0.717, 1.165) is 11.3 Å². The molecule has 27 heavy (non-hydrogen) atoms. The highest BCUT2D eigenvalue weighted by Gasteiger charge is 2.18. The van der Waals surface area contributed by atoms with E-state index in [4.69, 9.17) is 5.26 Å². The number of halogens is 1. The highest BCUT2D eigenvalue weighted by atomic mass is 19.1. The van der Waals surface area contributed by atoms with Gasteiger partial charge >= 0.3 is 0 Å². The van der Waals surface area contributed by atoms with Gasteiger partial charge in [0.25, 0.3) is 0 Å². The molecule has 0 fully saturated rings. The van der Waals surface area contributed by atoms with E-state index in [-0.39, 0.29) is 5.56 Å². The minimum atomic E-state index is -0.573. The first-order valence-corrected chi connectivity index (χ1v) is 8.16. The van der Waals surface area contributed by atoms with Crippen LogP contribution < -0.4 is 0 Å². The Kier molecular flexibility index (Phi) is 4.01. The Morgan fingerprint density at radius 3 is 2.70 bits per heavy atom. The second-order valence-electron chi connectivity index (χ2n) is 6.16. The number of hydrogen-bond donors (Lipinski definition) is 0. The van der Waals surface area contributed by atoms with Crippen molar-refractivity contribution in [2.75, 3.05) is 0 Å². The molecule has 9 heteroatoms. The quantitative estimate of drug-likeness (QED) is 0.556. The van der Waals surface area contributed by atoms with Gasteiger partial charge in [-0.25, -0.2) is 14.1 Å². The molecule has 0 atom stereocenters. The van der Waals surface area contributed by atoms with Crippen molar-refractivity contribution in [3.63, 3.8) is 0 Å². The number of aromatic nitrogens is 7. The lowest BCUT2D eigenvalue weighted by Crippen LogP contribution is -2.09. The fourth-order valence-corrected chi connectivity index (χ4v) is 2.92. The summed E-state index contributed by atoms with van der Waals surface area (Å²) in [5, 5.41) is 21.2. The maximum absolute atomic E-state index is 14.2. The Balaban J connectivity index is 1.86. The number of hydrogen-bond acceptors (Lipinski definition) is 5. The van der Waals surface area contributed by atoms with E-state index in [2.05, 4.69) is 20.4 Å². The Labute approximate surface area is 154 Å². The Morgan fingerprint density at radius 1 is 1.22 bits per heavy atom. The Hall–Kier alpha value is -3.80. The number of aryl methyl sites for hydroxylation is 2. The normalized spacial score (nSPS) is 10.9. The van der Waals surface area contributed by atoms with Crippen LogP contribution in [0.2, 0.25) is 0 Å². The summed E-state index contributed by atoms with van der Waals surface area (Å²) in [6.07, 6.45) is 7.03. The summed E-state index contributed by atoms with van der Waals surface area (Å²) in [7, 11) is 1.82. The molecule has 0 amide bonds. The predicted molar refractivity (Wildman–Crippen MR) is 94.7 cm³/mol. The first kappa shape index (κ1) is 16.7. The maximum Gasteiger partial charge on any atom is 0.141 e. The molecule has 0 N–H and O–H groups in total. The van der Waals surface area contributed by atoms with Crippen LogP contribution in [0.1, 0.15) is 11.3 Å². The molecule has 0 bridgehead atoms. The second kappa shape index (κ2) is 6.49. The van der Waals surface area contributed by atoms with E-state index in [0.29, 0.717) is 23.6 Å². The van der Waals surface area contributed by atoms with Crippen LogP contribution in [0.25, 0.3) is 22.5 Å². The van der Waals surface area contributed by atoms with Gasteiger partial charge in [0, 0.05) is 24.4 Å². The first-order valence-electron chi connectivity index (χ1n) is 8.16. The van der Waals surface area contributed by atoms with E-state index in [1.165, 1.54) is 12.1 Å². The van der Waals surface area contributed by atoms with Crippen LogP contribution in [0.4, 0.5) is 4.39 Å². The lowest BCUT2D eigenvalue weighted by atomic mass is 10.0. The average Bonchev–Trinajstić information content (AvgIpc) is 3.35. The highest BCUT2D eigenvalue weighted by Crippen LogP contribution is 2.32. The molecule has 3 heterocycles. The minimum Gasteiger partial charge on any atom is -0.309 e. The van der Waals surface area contributed by atoms with Crippen molar-refractivity contribution in [3.05, 3.63) is 60.2 Å². The van der Waals surface area contributed by atoms with Crippen LogP contribution in [0.3, 0.4) is 0 Å². The molecular weight excluding hydrogens is 347 g/mol. The summed E-state index contributed by atoms with van der Waals surface area (Å²) in [4.78, 5) is 4.51. The molecule has 0 radical (unpaired) electrons. The van der Waals surface area contributed by atoms with Gasteiger partial charge in [-0.3, -0.25) is 4.68 Å². The summed E-state index contributed by atoms with van der Waals surface area (Å²) in [6.45, 7) is 2.22. The smallest absolute Gasteiger partial charge is 0.141 e. The molecule has 0 spiro atoms. The topological polar surface area (TPSA) is 90.1 Å². The van der Waals surface area contributed by atoms with E-state index in [1.54, 1.807) is 28.0 Å². The van der Waals surface area contributed by atoms with Crippen molar-refractivity contribution < 1.29 is 4.39 Å². The van der Waals surface area contributed by atoms with Gasteiger partial charge in [0.05, 0.1) is 41.4 Å². The maximum atomic E-state index is 14.2. The zero-order valence-electron chi connectivity index (χ0n) is 14.7. The van der Waals surface area contributed by atoms with Crippen molar-refractivity contribution in [1.82, 2.24) is 34.3 Å². The fourth-order valence-electron chi connectivity index (χ4n) is 2.92. The number of imidazole rings is 1. The van der Waals surface area contributed by atoms with Gasteiger partial charge in [0.1, 0.15) is 18.6 Å². The third-order valence-electron chi connectivity index (χ3n) is 4.13. The zero-order valence-corrected chi connectivity index (χ0v) is 14.7. The SMILES string of the molecule is Cc1cn(Cn2cnc(-c3cnn(C)c3)c2-c2ccc(C#N)c(F)c2)nn1. The average molecular weight is 362 g/mol. The summed E-state index contributed by atoms with van der Waals surface area (Å²) >= 11 is 0. The number of nitrogens with zero attached hydrogens (tertiary/aromatic N) is 8. The lowest BCUT2D eigenvalue weighted by molar-refractivity contribution is 0.533. The van der Waals surface area contributed by atoms with Gasteiger partial charge in [-0.2, -0.15) is 10.4 Å². The fraction of sp³-hybridized carbons (Fsp3) is 0.167. The summed E-state index contributed by atoms with van der Waals surface area (Å²) in [6, 6.07) is 6.36. The lowest BCUT2D eigenvalue weighted by Gasteiger charge is -2.10. The summed E-state index contributed by atoms with van der Waals surface area (Å²) in [5.74, 6) is -0.573. The molecule has 4 rings (SSSR count). The molecule has 8 nitrogen and oxygen atoms in total. The molecule has 0 saturated heterocycles. The van der Waals surface area contributed by atoms with E-state index < -0.39 is 5.82 Å². The van der Waals surface area contributed by atoms with Crippen LogP contribution in [0.15, 0.2) is 43.1 Å². The minimum absolute atomic E-state index is 0.000330. The molecule has 3 aromatic heterocycles. The molecule has 0 aliphatic heterocycles. The second-order valence-corrected chi connectivity index (χ2v) is 6.16. The monoisotopic (exact) mass is 362 g/mol. The third kappa shape index (κ3) is 3.08. The van der Waals surface area contributed by atoms with Crippen molar-refractivity contribution in [1.29, 1.82) is 5.26 Å². The zero-order chi connectivity index (χ0) is 19.0. The molecule has 134 valence electrons. The molecule has 0 aliphatic rings. The van der Waals surface area contributed by atoms with Gasteiger partial charge < -0.3 is 4.57 Å². The van der Waals surface area contributed by atoms with Gasteiger partial charge in [-0.1, -0.05) is 11.3 Å². The van der Waals surface area contributed by atoms with E-state index in [1.807, 2.05) is 37.0 Å². The molecular formula is C18H15FN8. The van der Waals surface area contributed by atoms with Crippen LogP contribution in [-0.4, -0.2) is 34.3 Å². The summed E-state index contributed by atoms with van der Waals surface area (Å²) < 4.78 is 19.5. The van der Waals surface area contributed by atoms with Crippen molar-refractivity contribution >= 4 is 0 Å². The Bertz CT molecular complexity index is 1160. The van der Waals surface area contributed by atoms with Gasteiger partial charge in [-0.05, 0) is 19.1 Å². The molecule has 0 aliphatic carbocycles. The number of rotatable bonds is 4. The standard InChI is InChI=1S/C18H15FN8/c1-12-8-27(24-23-12)11-26-10-21-17(15-7-22-25(2)9-15)18(26)13-3-4-14(6-20)16(19)5-13/h3-5,7-10H,11H2,1-2H3. The number of benzene rings is 1. The van der Waals surface area contributed by atoms with Gasteiger partial charge in [-0.15, -0.1) is 5.10 Å². The highest BCUT2D eigenvalue weighted by molar-refractivity contribution is 5.78. The van der Waals surface area contributed by atoms with Crippen molar-refractivity contribution in [2.24, 2.45) is 7.05 Å². The molecule has 4 aromatic rings. The largest absolute Gasteiger partial charge is 0.309 e. The van der Waals surface area contributed by atoms with Crippen LogP contribution in [0, 0.1) is 24.1 Å². The van der Waals surface area contributed by atoms with Crippen LogP contribution >= 0.6 is 0 Å². The van der Waals surface area contributed by atoms with Crippen LogP contribution in [0.5, 0.6) is 0 Å². The Morgan fingerprint density at radius 2 is 2.07 bits per heavy atom. The first-order chi connectivity index (χ1) is 13.0. The van der Waals surface area contributed by atoms with Crippen molar-refractivity contribution in [3.8, 4) is 28.6 Å². The number of nitriles is 1. The van der Waals surface area contributed by atoms with E-state index in [9.17, 15) is 4.39 Å².